The molecule has 4 nitrogen and oxygen atoms in total. The average molecular weight is 269 g/mol. The summed E-state index contributed by atoms with van der Waals surface area (Å²) in [6.07, 6.45) is 0. The minimum Gasteiger partial charge on any atom is -0.507 e. The molecule has 5 heteroatoms. The average Bonchev–Trinajstić information content (AvgIpc) is 2.36. The molecule has 0 saturated heterocycles. The molecule has 0 saturated carbocycles. The number of carbonyl (C=O) groups is 1. The first-order valence-corrected chi connectivity index (χ1v) is 6.22. The molecule has 0 heterocycles. The van der Waals surface area contributed by atoms with E-state index in [1.165, 1.54) is 6.07 Å². The number of nitrogens with zero attached hydrogens (tertiary/aromatic N) is 1. The molecule has 1 aromatic rings. The molecule has 0 bridgehead atoms. The smallest absolute Gasteiger partial charge is 0.257 e. The molecule has 1 N–H and O–H groups in total. The number of aromatic hydroxyl groups is 1. The van der Waals surface area contributed by atoms with Crippen LogP contribution < -0.4 is 0 Å². The number of benzene rings is 1. The molecule has 0 unspecified atom stereocenters. The second-order valence-electron chi connectivity index (χ2n) is 4.80. The molecule has 0 fully saturated rings. The fourth-order valence-electron chi connectivity index (χ4n) is 1.77. The summed E-state index contributed by atoms with van der Waals surface area (Å²) in [5, 5.41) is 9.67. The maximum atomic E-state index is 13.2. The zero-order valence-electron chi connectivity index (χ0n) is 11.5. The van der Waals surface area contributed by atoms with Gasteiger partial charge in [0.25, 0.3) is 5.91 Å². The number of hydrogen-bond acceptors (Lipinski definition) is 3. The van der Waals surface area contributed by atoms with Crippen molar-refractivity contribution in [2.45, 2.75) is 13.8 Å². The molecule has 0 aromatic heterocycles. The standard InChI is InChI=1S/C14H20FNO3/c1-10(2)9-16(6-7-19-3)14(18)12-8-11(15)4-5-13(12)17/h4-5,8,10,17H,6-7,9H2,1-3H3. The summed E-state index contributed by atoms with van der Waals surface area (Å²) in [4.78, 5) is 13.9. The maximum Gasteiger partial charge on any atom is 0.257 e. The lowest BCUT2D eigenvalue weighted by Crippen LogP contribution is -2.36. The van der Waals surface area contributed by atoms with Gasteiger partial charge in [0.2, 0.25) is 0 Å². The molecule has 0 radical (unpaired) electrons. The second-order valence-corrected chi connectivity index (χ2v) is 4.80. The Hall–Kier alpha value is -1.62. The van der Waals surface area contributed by atoms with Crippen LogP contribution in [0, 0.1) is 11.7 Å². The Labute approximate surface area is 112 Å². The van der Waals surface area contributed by atoms with Crippen LogP contribution >= 0.6 is 0 Å². The largest absolute Gasteiger partial charge is 0.507 e. The number of phenolic OH excluding ortho intramolecular Hbond substituents is 1. The minimum absolute atomic E-state index is 0.0169. The Balaban J connectivity index is 2.93. The number of methoxy groups -OCH3 is 1. The zero-order valence-corrected chi connectivity index (χ0v) is 11.5. The van der Waals surface area contributed by atoms with E-state index < -0.39 is 5.82 Å². The van der Waals surface area contributed by atoms with Crippen molar-refractivity contribution in [3.8, 4) is 5.75 Å². The van der Waals surface area contributed by atoms with Crippen LogP contribution in [-0.2, 0) is 4.74 Å². The molecular formula is C14H20FNO3. The molecule has 0 spiro atoms. The predicted octanol–water partition coefficient (Wildman–Crippen LogP) is 2.28. The predicted molar refractivity (Wildman–Crippen MR) is 70.7 cm³/mol. The van der Waals surface area contributed by atoms with Crippen molar-refractivity contribution in [2.24, 2.45) is 5.92 Å². The van der Waals surface area contributed by atoms with Crippen LogP contribution in [0.15, 0.2) is 18.2 Å². The van der Waals surface area contributed by atoms with Crippen molar-refractivity contribution in [1.82, 2.24) is 4.90 Å². The van der Waals surface area contributed by atoms with Gasteiger partial charge in [0, 0.05) is 20.2 Å². The Morgan fingerprint density at radius 2 is 2.16 bits per heavy atom. The summed E-state index contributed by atoms with van der Waals surface area (Å²) in [5.41, 5.74) is -0.0169. The molecule has 1 aromatic carbocycles. The quantitative estimate of drug-likeness (QED) is 0.862. The highest BCUT2D eigenvalue weighted by molar-refractivity contribution is 5.96. The Morgan fingerprint density at radius 1 is 1.47 bits per heavy atom. The molecule has 1 rings (SSSR count). The number of phenols is 1. The van der Waals surface area contributed by atoms with Crippen molar-refractivity contribution in [1.29, 1.82) is 0 Å². The first kappa shape index (κ1) is 15.4. The van der Waals surface area contributed by atoms with E-state index >= 15 is 0 Å². The van der Waals surface area contributed by atoms with E-state index in [0.717, 1.165) is 12.1 Å². The van der Waals surface area contributed by atoms with Crippen molar-refractivity contribution in [3.63, 3.8) is 0 Å². The fraction of sp³-hybridized carbons (Fsp3) is 0.500. The van der Waals surface area contributed by atoms with Gasteiger partial charge in [-0.25, -0.2) is 4.39 Å². The summed E-state index contributed by atoms with van der Waals surface area (Å²) < 4.78 is 18.1. The number of amides is 1. The van der Waals surface area contributed by atoms with Crippen LogP contribution in [-0.4, -0.2) is 42.7 Å². The molecule has 19 heavy (non-hydrogen) atoms. The summed E-state index contributed by atoms with van der Waals surface area (Å²) in [6.45, 7) is 5.30. The summed E-state index contributed by atoms with van der Waals surface area (Å²) in [7, 11) is 1.55. The van der Waals surface area contributed by atoms with Crippen molar-refractivity contribution in [3.05, 3.63) is 29.6 Å². The van der Waals surface area contributed by atoms with E-state index in [2.05, 4.69) is 0 Å². The van der Waals surface area contributed by atoms with Gasteiger partial charge in [-0.05, 0) is 24.1 Å². The van der Waals surface area contributed by atoms with E-state index in [-0.39, 0.29) is 23.1 Å². The van der Waals surface area contributed by atoms with Gasteiger partial charge in [0.15, 0.2) is 0 Å². The number of halogens is 1. The topological polar surface area (TPSA) is 49.8 Å². The number of carbonyl (C=O) groups excluding carboxylic acids is 1. The van der Waals surface area contributed by atoms with Crippen LogP contribution in [0.1, 0.15) is 24.2 Å². The molecule has 0 atom stereocenters. The van der Waals surface area contributed by atoms with Gasteiger partial charge in [-0.1, -0.05) is 13.8 Å². The van der Waals surface area contributed by atoms with Gasteiger partial charge in [0.05, 0.1) is 12.2 Å². The third kappa shape index (κ3) is 4.52. The van der Waals surface area contributed by atoms with Crippen LogP contribution in [0.25, 0.3) is 0 Å². The van der Waals surface area contributed by atoms with Gasteiger partial charge in [-0.2, -0.15) is 0 Å². The van der Waals surface area contributed by atoms with E-state index in [1.54, 1.807) is 12.0 Å². The van der Waals surface area contributed by atoms with E-state index in [0.29, 0.717) is 19.7 Å². The molecule has 0 aliphatic heterocycles. The Kier molecular flexibility index (Phi) is 5.76. The van der Waals surface area contributed by atoms with E-state index in [4.69, 9.17) is 4.74 Å². The number of rotatable bonds is 6. The van der Waals surface area contributed by atoms with Crippen LogP contribution in [0.2, 0.25) is 0 Å². The van der Waals surface area contributed by atoms with Gasteiger partial charge >= 0.3 is 0 Å². The fourth-order valence-corrected chi connectivity index (χ4v) is 1.77. The van der Waals surface area contributed by atoms with Gasteiger partial charge in [-0.15, -0.1) is 0 Å². The normalized spacial score (nSPS) is 10.8. The zero-order chi connectivity index (χ0) is 14.4. The van der Waals surface area contributed by atoms with Crippen LogP contribution in [0.3, 0.4) is 0 Å². The lowest BCUT2D eigenvalue weighted by Gasteiger charge is -2.24. The first-order chi connectivity index (χ1) is 8.95. The van der Waals surface area contributed by atoms with Crippen LogP contribution in [0.5, 0.6) is 5.75 Å². The summed E-state index contributed by atoms with van der Waals surface area (Å²) >= 11 is 0. The van der Waals surface area contributed by atoms with E-state index in [1.807, 2.05) is 13.8 Å². The molecule has 106 valence electrons. The highest BCUT2D eigenvalue weighted by atomic mass is 19.1. The molecule has 0 aliphatic carbocycles. The van der Waals surface area contributed by atoms with Crippen molar-refractivity contribution < 1.29 is 19.0 Å². The summed E-state index contributed by atoms with van der Waals surface area (Å²) in [6, 6.07) is 3.36. The summed E-state index contributed by atoms with van der Waals surface area (Å²) in [5.74, 6) is -0.866. The van der Waals surface area contributed by atoms with Crippen LogP contribution in [0.4, 0.5) is 4.39 Å². The lowest BCUT2D eigenvalue weighted by molar-refractivity contribution is 0.0669. The van der Waals surface area contributed by atoms with E-state index in [9.17, 15) is 14.3 Å². The van der Waals surface area contributed by atoms with Gasteiger partial charge in [-0.3, -0.25) is 4.79 Å². The third-order valence-corrected chi connectivity index (χ3v) is 2.63. The minimum atomic E-state index is -0.544. The van der Waals surface area contributed by atoms with Gasteiger partial charge < -0.3 is 14.7 Å². The molecule has 0 aliphatic rings. The third-order valence-electron chi connectivity index (χ3n) is 2.63. The van der Waals surface area contributed by atoms with Gasteiger partial charge in [0.1, 0.15) is 11.6 Å². The highest BCUT2D eigenvalue weighted by Crippen LogP contribution is 2.20. The highest BCUT2D eigenvalue weighted by Gasteiger charge is 2.20. The SMILES string of the molecule is COCCN(CC(C)C)C(=O)c1cc(F)ccc1O. The lowest BCUT2D eigenvalue weighted by atomic mass is 10.1. The monoisotopic (exact) mass is 269 g/mol. The second kappa shape index (κ2) is 7.09. The van der Waals surface area contributed by atoms with Crippen molar-refractivity contribution >= 4 is 5.91 Å². The Morgan fingerprint density at radius 3 is 2.74 bits per heavy atom. The van der Waals surface area contributed by atoms with Crippen molar-refractivity contribution in [2.75, 3.05) is 26.8 Å². The molecule has 1 amide bonds. The molecular weight excluding hydrogens is 249 g/mol. The maximum absolute atomic E-state index is 13.2. The first-order valence-electron chi connectivity index (χ1n) is 6.22. The number of ether oxygens (including phenoxy) is 1. The Bertz CT molecular complexity index is 435. The number of hydrogen-bond donors (Lipinski definition) is 1.